The van der Waals surface area contributed by atoms with Gasteiger partial charge in [0.25, 0.3) is 0 Å². The molecule has 2 N–H and O–H groups in total. The maximum atomic E-state index is 14.7. The first-order valence-corrected chi connectivity index (χ1v) is 14.7. The number of aliphatic hydroxyl groups excluding tert-OH is 2. The van der Waals surface area contributed by atoms with Gasteiger partial charge >= 0.3 is 5.97 Å². The van der Waals surface area contributed by atoms with Crippen molar-refractivity contribution < 1.29 is 37.7 Å². The van der Waals surface area contributed by atoms with Crippen molar-refractivity contribution in [3.8, 4) is 11.3 Å². The number of hydrogen-bond donors (Lipinski definition) is 2. The molecule has 0 amide bonds. The summed E-state index contributed by atoms with van der Waals surface area (Å²) in [7, 11) is 0. The number of carbonyl (C=O) groups excluding carboxylic acids is 2. The van der Waals surface area contributed by atoms with Gasteiger partial charge in [0.1, 0.15) is 34.4 Å². The van der Waals surface area contributed by atoms with Crippen LogP contribution in [-0.4, -0.2) is 56.7 Å². The number of carbonyl (C=O) groups is 2. The van der Waals surface area contributed by atoms with Crippen molar-refractivity contribution in [2.24, 2.45) is 11.8 Å². The summed E-state index contributed by atoms with van der Waals surface area (Å²) >= 11 is 0. The summed E-state index contributed by atoms with van der Waals surface area (Å²) in [5.41, 5.74) is 0.378. The summed E-state index contributed by atoms with van der Waals surface area (Å²) in [6.45, 7) is 7.92. The highest BCUT2D eigenvalue weighted by atomic mass is 19.1. The number of rotatable bonds is 7. The molecule has 1 saturated heterocycles. The largest absolute Gasteiger partial charge is 0.460 e. The van der Waals surface area contributed by atoms with E-state index in [9.17, 15) is 33.0 Å². The fraction of sp³-hybridized carbons (Fsp3) is 0.455. The van der Waals surface area contributed by atoms with Gasteiger partial charge < -0.3 is 19.8 Å². The van der Waals surface area contributed by atoms with Crippen LogP contribution in [-0.2, 0) is 22.4 Å². The van der Waals surface area contributed by atoms with E-state index in [0.29, 0.717) is 42.9 Å². The monoisotopic (exact) mass is 611 g/mol. The Morgan fingerprint density at radius 3 is 2.43 bits per heavy atom. The van der Waals surface area contributed by atoms with E-state index >= 15 is 0 Å². The van der Waals surface area contributed by atoms with Gasteiger partial charge in [-0.3, -0.25) is 14.6 Å². The van der Waals surface area contributed by atoms with E-state index in [-0.39, 0.29) is 24.5 Å². The molecule has 0 saturated carbocycles. The van der Waals surface area contributed by atoms with E-state index in [0.717, 1.165) is 29.8 Å². The summed E-state index contributed by atoms with van der Waals surface area (Å²) in [6.07, 6.45) is 0.737. The van der Waals surface area contributed by atoms with Crippen molar-refractivity contribution in [1.29, 1.82) is 0 Å². The van der Waals surface area contributed by atoms with Crippen LogP contribution < -0.4 is 4.90 Å². The molecule has 3 aromatic rings. The lowest BCUT2D eigenvalue weighted by atomic mass is 9.84. The molecule has 3 heterocycles. The number of fused-ring (bicyclic) bond motifs is 1. The van der Waals surface area contributed by atoms with Crippen molar-refractivity contribution in [2.45, 2.75) is 71.2 Å². The zero-order valence-electron chi connectivity index (χ0n) is 25.1. The number of ketones is 1. The van der Waals surface area contributed by atoms with Crippen LogP contribution in [0.4, 0.5) is 18.9 Å². The number of Topliss-reactive ketones (excluding diaryl/α,β-unsaturated/α-hetero) is 1. The highest BCUT2D eigenvalue weighted by Crippen LogP contribution is 2.41. The zero-order chi connectivity index (χ0) is 31.9. The van der Waals surface area contributed by atoms with Gasteiger partial charge in [-0.2, -0.15) is 0 Å². The Kier molecular flexibility index (Phi) is 8.82. The van der Waals surface area contributed by atoms with Crippen LogP contribution in [0, 0.1) is 29.3 Å². The maximum Gasteiger partial charge on any atom is 0.306 e. The van der Waals surface area contributed by atoms with E-state index in [2.05, 4.69) is 9.97 Å². The number of ether oxygens (including phenoxy) is 1. The minimum atomic E-state index is -1.01. The molecular weight excluding hydrogens is 575 g/mol. The SMILES string of the molecule is C[C@H]1CN(c2c(CC(=O)c3ccc(F)c(-c4c(F)cccc4F)n3)cnc3c2CCC3O)C[C@@H](CC(=O)OC(C)(C)C)[C@@H]1O. The molecule has 1 aliphatic heterocycles. The van der Waals surface area contributed by atoms with Crippen molar-refractivity contribution in [2.75, 3.05) is 18.0 Å². The second kappa shape index (κ2) is 12.3. The van der Waals surface area contributed by atoms with Gasteiger partial charge in [-0.05, 0) is 63.8 Å². The number of aliphatic hydroxyl groups is 2. The molecule has 11 heteroatoms. The number of halogens is 3. The third-order valence-electron chi connectivity index (χ3n) is 8.12. The first-order valence-electron chi connectivity index (χ1n) is 14.7. The van der Waals surface area contributed by atoms with E-state index in [1.54, 1.807) is 20.8 Å². The van der Waals surface area contributed by atoms with Crippen LogP contribution in [0.1, 0.15) is 73.9 Å². The smallest absolute Gasteiger partial charge is 0.306 e. The van der Waals surface area contributed by atoms with Gasteiger partial charge in [0.2, 0.25) is 0 Å². The first kappa shape index (κ1) is 31.6. The van der Waals surface area contributed by atoms with E-state index in [4.69, 9.17) is 4.74 Å². The molecule has 2 aliphatic rings. The molecule has 0 spiro atoms. The van der Waals surface area contributed by atoms with Crippen LogP contribution >= 0.6 is 0 Å². The summed E-state index contributed by atoms with van der Waals surface area (Å²) in [5, 5.41) is 21.6. The third kappa shape index (κ3) is 6.49. The number of aromatic nitrogens is 2. The molecule has 5 rings (SSSR count). The van der Waals surface area contributed by atoms with Crippen LogP contribution in [0.3, 0.4) is 0 Å². The maximum absolute atomic E-state index is 14.7. The predicted octanol–water partition coefficient (Wildman–Crippen LogP) is 5.13. The normalized spacial score (nSPS) is 21.7. The first-order chi connectivity index (χ1) is 20.7. The van der Waals surface area contributed by atoms with Gasteiger partial charge in [0.05, 0.1) is 29.9 Å². The molecular formula is C33H36F3N3O5. The minimum absolute atomic E-state index is 0.00167. The quantitative estimate of drug-likeness (QED) is 0.279. The summed E-state index contributed by atoms with van der Waals surface area (Å²) < 4.78 is 49.1. The summed E-state index contributed by atoms with van der Waals surface area (Å²) in [4.78, 5) is 36.8. The Hall–Kier alpha value is -3.83. The Morgan fingerprint density at radius 1 is 1.05 bits per heavy atom. The molecule has 1 fully saturated rings. The van der Waals surface area contributed by atoms with Crippen molar-refractivity contribution in [1.82, 2.24) is 9.97 Å². The lowest BCUT2D eigenvalue weighted by Crippen LogP contribution is -2.50. The highest BCUT2D eigenvalue weighted by molar-refractivity contribution is 5.97. The number of esters is 1. The van der Waals surface area contributed by atoms with Gasteiger partial charge in [-0.25, -0.2) is 18.2 Å². The molecule has 4 atom stereocenters. The third-order valence-corrected chi connectivity index (χ3v) is 8.12. The van der Waals surface area contributed by atoms with Crippen LogP contribution in [0.25, 0.3) is 11.3 Å². The zero-order valence-corrected chi connectivity index (χ0v) is 25.1. The van der Waals surface area contributed by atoms with E-state index < -0.39 is 64.2 Å². The summed E-state index contributed by atoms with van der Waals surface area (Å²) in [6, 6.07) is 5.24. The standard InChI is InChI=1S/C33H36F3N3O5/c1-17-15-39(16-19(32(17)43)13-27(42)44-33(2,3)4)31-18(14-37-29-20(31)8-11-25(29)40)12-26(41)24-10-9-23(36)30(38-24)28-21(34)6-5-7-22(28)35/h5-7,9-10,14,17,19,25,32,40,43H,8,11-13,15-16H2,1-4H3/t17-,19+,25?,32+/m0/s1. The van der Waals surface area contributed by atoms with Gasteiger partial charge in [0, 0.05) is 48.4 Å². The highest BCUT2D eigenvalue weighted by Gasteiger charge is 2.38. The van der Waals surface area contributed by atoms with Crippen LogP contribution in [0.15, 0.2) is 36.5 Å². The number of anilines is 1. The number of hydrogen-bond acceptors (Lipinski definition) is 8. The molecule has 1 aromatic carbocycles. The van der Waals surface area contributed by atoms with Crippen LogP contribution in [0.5, 0.6) is 0 Å². The van der Waals surface area contributed by atoms with Crippen molar-refractivity contribution in [3.63, 3.8) is 0 Å². The van der Waals surface area contributed by atoms with Crippen LogP contribution in [0.2, 0.25) is 0 Å². The molecule has 1 unspecified atom stereocenters. The lowest BCUT2D eigenvalue weighted by molar-refractivity contribution is -0.157. The molecule has 2 aromatic heterocycles. The average molecular weight is 612 g/mol. The Morgan fingerprint density at radius 2 is 1.75 bits per heavy atom. The fourth-order valence-electron chi connectivity index (χ4n) is 6.19. The van der Waals surface area contributed by atoms with Gasteiger partial charge in [-0.1, -0.05) is 13.0 Å². The molecule has 8 nitrogen and oxygen atoms in total. The number of pyridine rings is 2. The second-order valence-corrected chi connectivity index (χ2v) is 12.7. The lowest BCUT2D eigenvalue weighted by Gasteiger charge is -2.42. The van der Waals surface area contributed by atoms with Crippen molar-refractivity contribution in [3.05, 3.63) is 76.5 Å². The molecule has 1 aliphatic carbocycles. The van der Waals surface area contributed by atoms with E-state index in [1.807, 2.05) is 11.8 Å². The number of benzene rings is 1. The van der Waals surface area contributed by atoms with Gasteiger partial charge in [-0.15, -0.1) is 0 Å². The fourth-order valence-corrected chi connectivity index (χ4v) is 6.19. The predicted molar refractivity (Wildman–Crippen MR) is 156 cm³/mol. The average Bonchev–Trinajstić information content (AvgIpc) is 3.31. The van der Waals surface area contributed by atoms with E-state index in [1.165, 1.54) is 12.3 Å². The van der Waals surface area contributed by atoms with Gasteiger partial charge in [0.15, 0.2) is 5.78 Å². The molecule has 234 valence electrons. The molecule has 0 bridgehead atoms. The Bertz CT molecular complexity index is 1570. The Labute approximate surface area is 253 Å². The Balaban J connectivity index is 1.48. The number of piperidine rings is 1. The molecule has 0 radical (unpaired) electrons. The summed E-state index contributed by atoms with van der Waals surface area (Å²) in [5.74, 6) is -4.63. The molecule has 44 heavy (non-hydrogen) atoms. The van der Waals surface area contributed by atoms with Crippen molar-refractivity contribution >= 4 is 17.4 Å². The minimum Gasteiger partial charge on any atom is -0.460 e. The number of nitrogens with zero attached hydrogens (tertiary/aromatic N) is 3. The topological polar surface area (TPSA) is 113 Å². The second-order valence-electron chi connectivity index (χ2n) is 12.7.